The van der Waals surface area contributed by atoms with Crippen molar-refractivity contribution in [1.29, 1.82) is 0 Å². The third-order valence-electron chi connectivity index (χ3n) is 3.07. The Balaban J connectivity index is 2.29. The minimum absolute atomic E-state index is 0.774. The summed E-state index contributed by atoms with van der Waals surface area (Å²) in [4.78, 5) is 0. The molecule has 1 rings (SSSR count). The summed E-state index contributed by atoms with van der Waals surface area (Å²) < 4.78 is 0. The van der Waals surface area contributed by atoms with E-state index in [1.807, 2.05) is 0 Å². The molecule has 0 atom stereocenters. The van der Waals surface area contributed by atoms with Crippen molar-refractivity contribution in [2.24, 2.45) is 5.92 Å². The number of nitrogens with one attached hydrogen (secondary N) is 1. The van der Waals surface area contributed by atoms with Crippen molar-refractivity contribution in [2.45, 2.75) is 52.9 Å². The lowest BCUT2D eigenvalue weighted by molar-refractivity contribution is 0.607. The van der Waals surface area contributed by atoms with Crippen LogP contribution in [0.2, 0.25) is 0 Å². The van der Waals surface area contributed by atoms with E-state index in [4.69, 9.17) is 0 Å². The van der Waals surface area contributed by atoms with E-state index in [1.54, 1.807) is 0 Å². The highest BCUT2D eigenvalue weighted by atomic mass is 14.9. The molecule has 1 aromatic rings. The van der Waals surface area contributed by atoms with Gasteiger partial charge in [-0.3, -0.25) is 0 Å². The molecule has 0 aromatic heterocycles. The number of hydrogen-bond acceptors (Lipinski definition) is 1. The van der Waals surface area contributed by atoms with E-state index in [1.165, 1.54) is 43.4 Å². The number of hydrogen-bond donors (Lipinski definition) is 1. The maximum Gasteiger partial charge on any atom is 0.0340 e. The first kappa shape index (κ1) is 14.1. The normalized spacial score (nSPS) is 10.8. The highest BCUT2D eigenvalue weighted by Gasteiger charge is 1.96. The van der Waals surface area contributed by atoms with E-state index in [9.17, 15) is 0 Å². The molecule has 1 aromatic carbocycles. The van der Waals surface area contributed by atoms with Gasteiger partial charge < -0.3 is 5.32 Å². The molecule has 0 saturated carbocycles. The highest BCUT2D eigenvalue weighted by Crippen LogP contribution is 2.12. The second-order valence-electron chi connectivity index (χ2n) is 5.26. The summed E-state index contributed by atoms with van der Waals surface area (Å²) in [5, 5.41) is 3.47. The maximum absolute atomic E-state index is 3.47. The van der Waals surface area contributed by atoms with Crippen LogP contribution in [0.15, 0.2) is 24.3 Å². The highest BCUT2D eigenvalue weighted by molar-refractivity contribution is 5.44. The summed E-state index contributed by atoms with van der Waals surface area (Å²) in [5.74, 6) is 0.774. The minimum Gasteiger partial charge on any atom is -0.385 e. The van der Waals surface area contributed by atoms with Gasteiger partial charge in [-0.2, -0.15) is 0 Å². The Morgan fingerprint density at radius 3 is 2.35 bits per heavy atom. The first-order chi connectivity index (χ1) is 8.22. The minimum atomic E-state index is 0.774. The number of rotatable bonds is 8. The lowest BCUT2D eigenvalue weighted by Crippen LogP contribution is -2.04. The molecule has 0 bridgehead atoms. The fourth-order valence-electron chi connectivity index (χ4n) is 1.87. The third-order valence-corrected chi connectivity index (χ3v) is 3.07. The van der Waals surface area contributed by atoms with Gasteiger partial charge in [-0.05, 0) is 42.9 Å². The van der Waals surface area contributed by atoms with Crippen molar-refractivity contribution < 1.29 is 0 Å². The van der Waals surface area contributed by atoms with E-state index in [2.05, 4.69) is 50.4 Å². The molecule has 0 aliphatic rings. The van der Waals surface area contributed by atoms with Crippen molar-refractivity contribution in [2.75, 3.05) is 11.9 Å². The smallest absolute Gasteiger partial charge is 0.0340 e. The van der Waals surface area contributed by atoms with E-state index < -0.39 is 0 Å². The lowest BCUT2D eigenvalue weighted by atomic mass is 10.1. The van der Waals surface area contributed by atoms with Gasteiger partial charge in [0.25, 0.3) is 0 Å². The van der Waals surface area contributed by atoms with Crippen LogP contribution in [0.4, 0.5) is 5.69 Å². The molecular weight excluding hydrogens is 206 g/mol. The second kappa shape index (κ2) is 8.16. The molecular formula is C16H27N. The van der Waals surface area contributed by atoms with Gasteiger partial charge in [-0.1, -0.05) is 45.7 Å². The number of benzene rings is 1. The number of anilines is 1. The molecule has 1 N–H and O–H groups in total. The SMILES string of the molecule is CCCCCc1ccc(NCCC(C)C)cc1. The Kier molecular flexibility index (Phi) is 6.76. The lowest BCUT2D eigenvalue weighted by Gasteiger charge is -2.09. The Morgan fingerprint density at radius 1 is 1.06 bits per heavy atom. The average molecular weight is 233 g/mol. The van der Waals surface area contributed by atoms with Crippen LogP contribution >= 0.6 is 0 Å². The van der Waals surface area contributed by atoms with Crippen molar-refractivity contribution in [3.05, 3.63) is 29.8 Å². The van der Waals surface area contributed by atoms with Crippen LogP contribution < -0.4 is 5.32 Å². The third kappa shape index (κ3) is 6.35. The van der Waals surface area contributed by atoms with E-state index in [0.717, 1.165) is 12.5 Å². The molecule has 0 unspecified atom stereocenters. The van der Waals surface area contributed by atoms with Crippen molar-refractivity contribution in [1.82, 2.24) is 0 Å². The van der Waals surface area contributed by atoms with Gasteiger partial charge in [0, 0.05) is 12.2 Å². The quantitative estimate of drug-likeness (QED) is 0.631. The van der Waals surface area contributed by atoms with Gasteiger partial charge in [0.2, 0.25) is 0 Å². The van der Waals surface area contributed by atoms with Gasteiger partial charge in [-0.15, -0.1) is 0 Å². The largest absolute Gasteiger partial charge is 0.385 e. The van der Waals surface area contributed by atoms with Crippen LogP contribution in [0.1, 0.15) is 52.0 Å². The number of aryl methyl sites for hydroxylation is 1. The maximum atomic E-state index is 3.47. The van der Waals surface area contributed by atoms with E-state index in [0.29, 0.717) is 0 Å². The molecule has 17 heavy (non-hydrogen) atoms. The van der Waals surface area contributed by atoms with E-state index >= 15 is 0 Å². The van der Waals surface area contributed by atoms with Crippen LogP contribution in [-0.2, 0) is 6.42 Å². The summed E-state index contributed by atoms with van der Waals surface area (Å²) >= 11 is 0. The van der Waals surface area contributed by atoms with Crippen molar-refractivity contribution in [3.63, 3.8) is 0 Å². The molecule has 0 aliphatic carbocycles. The van der Waals surface area contributed by atoms with E-state index in [-0.39, 0.29) is 0 Å². The van der Waals surface area contributed by atoms with Crippen LogP contribution in [0.3, 0.4) is 0 Å². The summed E-state index contributed by atoms with van der Waals surface area (Å²) in [6, 6.07) is 8.93. The molecule has 0 aliphatic heterocycles. The first-order valence-corrected chi connectivity index (χ1v) is 7.05. The Labute approximate surface area is 107 Å². The molecule has 0 saturated heterocycles. The van der Waals surface area contributed by atoms with Crippen LogP contribution in [0.25, 0.3) is 0 Å². The topological polar surface area (TPSA) is 12.0 Å². The number of unbranched alkanes of at least 4 members (excludes halogenated alkanes) is 2. The first-order valence-electron chi connectivity index (χ1n) is 7.05. The monoisotopic (exact) mass is 233 g/mol. The summed E-state index contributed by atoms with van der Waals surface area (Å²) in [6.07, 6.45) is 6.41. The second-order valence-corrected chi connectivity index (χ2v) is 5.26. The molecule has 0 radical (unpaired) electrons. The molecule has 0 spiro atoms. The molecule has 1 heteroatoms. The van der Waals surface area contributed by atoms with Gasteiger partial charge in [0.15, 0.2) is 0 Å². The van der Waals surface area contributed by atoms with Crippen LogP contribution in [0, 0.1) is 5.92 Å². The van der Waals surface area contributed by atoms with Crippen LogP contribution in [0.5, 0.6) is 0 Å². The van der Waals surface area contributed by atoms with Gasteiger partial charge >= 0.3 is 0 Å². The van der Waals surface area contributed by atoms with Crippen molar-refractivity contribution >= 4 is 5.69 Å². The van der Waals surface area contributed by atoms with Gasteiger partial charge in [0.05, 0.1) is 0 Å². The van der Waals surface area contributed by atoms with Crippen molar-refractivity contribution in [3.8, 4) is 0 Å². The Hall–Kier alpha value is -0.980. The molecule has 0 fully saturated rings. The van der Waals surface area contributed by atoms with Gasteiger partial charge in [0.1, 0.15) is 0 Å². The zero-order valence-electron chi connectivity index (χ0n) is 11.6. The fraction of sp³-hybridized carbons (Fsp3) is 0.625. The summed E-state index contributed by atoms with van der Waals surface area (Å²) in [5.41, 5.74) is 2.72. The predicted molar refractivity (Wildman–Crippen MR) is 77.6 cm³/mol. The molecule has 1 nitrogen and oxygen atoms in total. The standard InChI is InChI=1S/C16H27N/c1-4-5-6-7-15-8-10-16(11-9-15)17-13-12-14(2)3/h8-11,14,17H,4-7,12-13H2,1-3H3. The Morgan fingerprint density at radius 2 is 1.76 bits per heavy atom. The van der Waals surface area contributed by atoms with Gasteiger partial charge in [-0.25, -0.2) is 0 Å². The summed E-state index contributed by atoms with van der Waals surface area (Å²) in [7, 11) is 0. The molecule has 0 heterocycles. The fourth-order valence-corrected chi connectivity index (χ4v) is 1.87. The average Bonchev–Trinajstić information content (AvgIpc) is 2.31. The predicted octanol–water partition coefficient (Wildman–Crippen LogP) is 4.88. The molecule has 0 amide bonds. The zero-order valence-corrected chi connectivity index (χ0v) is 11.6. The molecule has 96 valence electrons. The van der Waals surface area contributed by atoms with Crippen LogP contribution in [-0.4, -0.2) is 6.54 Å². The zero-order chi connectivity index (χ0) is 12.5. The Bertz CT molecular complexity index is 287. The summed E-state index contributed by atoms with van der Waals surface area (Å²) in [6.45, 7) is 7.85.